The normalized spacial score (nSPS) is 16.5. The maximum absolute atomic E-state index is 6.02. The van der Waals surface area contributed by atoms with E-state index in [0.717, 1.165) is 67.3 Å². The van der Waals surface area contributed by atoms with Gasteiger partial charge in [0, 0.05) is 37.6 Å². The maximum Gasteiger partial charge on any atom is 0.178 e. The molecule has 0 N–H and O–H groups in total. The van der Waals surface area contributed by atoms with Gasteiger partial charge in [-0.1, -0.05) is 0 Å². The molecule has 28 heavy (non-hydrogen) atoms. The van der Waals surface area contributed by atoms with Crippen LogP contribution >= 0.6 is 0 Å². The third-order valence-corrected chi connectivity index (χ3v) is 5.09. The molecule has 3 aromatic heterocycles. The molecule has 1 fully saturated rings. The van der Waals surface area contributed by atoms with Crippen molar-refractivity contribution in [3.05, 3.63) is 24.8 Å². The van der Waals surface area contributed by atoms with E-state index in [2.05, 4.69) is 38.4 Å². The minimum absolute atomic E-state index is 0.215. The summed E-state index contributed by atoms with van der Waals surface area (Å²) in [6.45, 7) is 8.61. The third-order valence-electron chi connectivity index (χ3n) is 5.09. The van der Waals surface area contributed by atoms with Crippen molar-refractivity contribution in [2.24, 2.45) is 0 Å². The molecule has 5 rings (SSSR count). The minimum atomic E-state index is 0.215. The number of aromatic nitrogens is 6. The Labute approximate surface area is 162 Å². The summed E-state index contributed by atoms with van der Waals surface area (Å²) in [4.78, 5) is 16.2. The van der Waals surface area contributed by atoms with E-state index in [1.165, 1.54) is 0 Å². The van der Waals surface area contributed by atoms with Gasteiger partial charge in [-0.05, 0) is 13.8 Å². The van der Waals surface area contributed by atoms with Crippen LogP contribution in [0.1, 0.15) is 19.9 Å². The molecule has 0 atom stereocenters. The Morgan fingerprint density at radius 3 is 2.71 bits per heavy atom. The van der Waals surface area contributed by atoms with Gasteiger partial charge >= 0.3 is 0 Å². The number of imidazole rings is 1. The third kappa shape index (κ3) is 2.91. The van der Waals surface area contributed by atoms with E-state index >= 15 is 0 Å². The van der Waals surface area contributed by atoms with Gasteiger partial charge in [0.25, 0.3) is 0 Å². The van der Waals surface area contributed by atoms with Gasteiger partial charge in [0.15, 0.2) is 5.82 Å². The molecule has 9 nitrogen and oxygen atoms in total. The summed E-state index contributed by atoms with van der Waals surface area (Å²) < 4.78 is 15.5. The van der Waals surface area contributed by atoms with Gasteiger partial charge in [0.1, 0.15) is 36.0 Å². The summed E-state index contributed by atoms with van der Waals surface area (Å²) in [6.07, 6.45) is 5.46. The quantitative estimate of drug-likeness (QED) is 0.686. The average Bonchev–Trinajstić information content (AvgIpc) is 3.33. The van der Waals surface area contributed by atoms with E-state index in [4.69, 9.17) is 14.5 Å². The molecule has 0 amide bonds. The van der Waals surface area contributed by atoms with Gasteiger partial charge in [-0.25, -0.2) is 19.6 Å². The van der Waals surface area contributed by atoms with Crippen molar-refractivity contribution in [3.8, 4) is 28.7 Å². The van der Waals surface area contributed by atoms with Gasteiger partial charge in [0.05, 0.1) is 25.3 Å². The first-order valence-corrected chi connectivity index (χ1v) is 9.63. The van der Waals surface area contributed by atoms with Gasteiger partial charge in [0.2, 0.25) is 0 Å². The first-order chi connectivity index (χ1) is 13.7. The Kier molecular flexibility index (Phi) is 4.23. The van der Waals surface area contributed by atoms with Gasteiger partial charge < -0.3 is 18.9 Å². The number of anilines is 1. The Morgan fingerprint density at radius 1 is 1.04 bits per heavy atom. The van der Waals surface area contributed by atoms with Crippen LogP contribution in [-0.2, 0) is 11.3 Å². The first kappa shape index (κ1) is 17.2. The lowest BCUT2D eigenvalue weighted by atomic mass is 10.2. The van der Waals surface area contributed by atoms with Gasteiger partial charge in [-0.2, -0.15) is 5.10 Å². The van der Waals surface area contributed by atoms with Crippen LogP contribution in [0.5, 0.6) is 5.75 Å². The van der Waals surface area contributed by atoms with Crippen molar-refractivity contribution in [1.82, 2.24) is 29.3 Å². The van der Waals surface area contributed by atoms with E-state index in [1.54, 1.807) is 6.33 Å². The summed E-state index contributed by atoms with van der Waals surface area (Å²) >= 11 is 0. The zero-order valence-electron chi connectivity index (χ0n) is 16.1. The summed E-state index contributed by atoms with van der Waals surface area (Å²) in [6, 6.07) is 2.23. The largest absolute Gasteiger partial charge is 0.491 e. The van der Waals surface area contributed by atoms with Crippen LogP contribution < -0.4 is 9.64 Å². The van der Waals surface area contributed by atoms with E-state index in [0.29, 0.717) is 6.61 Å². The van der Waals surface area contributed by atoms with Crippen molar-refractivity contribution in [2.45, 2.75) is 26.4 Å². The van der Waals surface area contributed by atoms with Crippen molar-refractivity contribution >= 4 is 5.82 Å². The van der Waals surface area contributed by atoms with Crippen LogP contribution in [0.2, 0.25) is 0 Å². The summed E-state index contributed by atoms with van der Waals surface area (Å²) in [5.74, 6) is 3.36. The number of ether oxygens (including phenoxy) is 2. The second-order valence-electron chi connectivity index (χ2n) is 7.25. The number of hydrogen-bond acceptors (Lipinski definition) is 7. The molecule has 0 spiro atoms. The summed E-state index contributed by atoms with van der Waals surface area (Å²) in [5, 5.41) is 4.33. The zero-order chi connectivity index (χ0) is 19.1. The van der Waals surface area contributed by atoms with Crippen LogP contribution in [0.25, 0.3) is 22.9 Å². The topological polar surface area (TPSA) is 83.1 Å². The van der Waals surface area contributed by atoms with Crippen molar-refractivity contribution in [2.75, 3.05) is 37.8 Å². The second kappa shape index (κ2) is 6.90. The molecule has 5 heterocycles. The Hall–Kier alpha value is -2.94. The van der Waals surface area contributed by atoms with Crippen LogP contribution in [0.4, 0.5) is 5.82 Å². The molecule has 2 aliphatic rings. The van der Waals surface area contributed by atoms with Gasteiger partial charge in [-0.15, -0.1) is 0 Å². The summed E-state index contributed by atoms with van der Waals surface area (Å²) in [5.41, 5.74) is 1.71. The van der Waals surface area contributed by atoms with Crippen LogP contribution in [0, 0.1) is 0 Å². The van der Waals surface area contributed by atoms with E-state index < -0.39 is 0 Å². The van der Waals surface area contributed by atoms with E-state index in [-0.39, 0.29) is 6.04 Å². The predicted molar refractivity (Wildman–Crippen MR) is 103 cm³/mol. The Morgan fingerprint density at radius 2 is 1.89 bits per heavy atom. The second-order valence-corrected chi connectivity index (χ2v) is 7.25. The highest BCUT2D eigenvalue weighted by molar-refractivity contribution is 5.69. The van der Waals surface area contributed by atoms with E-state index in [1.807, 2.05) is 23.1 Å². The number of rotatable bonds is 3. The molecular weight excluding hydrogens is 358 g/mol. The molecule has 2 aliphatic heterocycles. The van der Waals surface area contributed by atoms with Gasteiger partial charge in [-0.3, -0.25) is 0 Å². The Bertz CT molecular complexity index is 988. The smallest absolute Gasteiger partial charge is 0.178 e. The molecule has 1 saturated heterocycles. The lowest BCUT2D eigenvalue weighted by molar-refractivity contribution is 0.122. The fourth-order valence-electron chi connectivity index (χ4n) is 3.65. The fraction of sp³-hybridized carbons (Fsp3) is 0.474. The first-order valence-electron chi connectivity index (χ1n) is 9.63. The molecule has 9 heteroatoms. The molecule has 0 aliphatic carbocycles. The average molecular weight is 381 g/mol. The predicted octanol–water partition coefficient (Wildman–Crippen LogP) is 2.01. The molecule has 0 radical (unpaired) electrons. The molecular formula is C19H23N7O2. The van der Waals surface area contributed by atoms with Crippen LogP contribution in [0.3, 0.4) is 0 Å². The number of fused-ring (bicyclic) bond motifs is 3. The maximum atomic E-state index is 6.02. The number of morpholine rings is 1. The molecule has 0 bridgehead atoms. The summed E-state index contributed by atoms with van der Waals surface area (Å²) in [7, 11) is 0. The van der Waals surface area contributed by atoms with Crippen LogP contribution in [-0.4, -0.2) is 62.2 Å². The standard InChI is InChI=1S/C19H23N7O2/c1-13(2)26-19(21-12-22-26)15-11-25-5-8-28-16-9-17(24-3-6-27-7-4-24)20-10-14(16)18(25)23-15/h9-13H,3-8H2,1-2H3. The molecule has 0 aromatic carbocycles. The monoisotopic (exact) mass is 381 g/mol. The molecule has 3 aromatic rings. The Balaban J connectivity index is 1.54. The minimum Gasteiger partial charge on any atom is -0.491 e. The van der Waals surface area contributed by atoms with Crippen molar-refractivity contribution in [1.29, 1.82) is 0 Å². The highest BCUT2D eigenvalue weighted by atomic mass is 16.5. The van der Waals surface area contributed by atoms with Crippen molar-refractivity contribution in [3.63, 3.8) is 0 Å². The highest BCUT2D eigenvalue weighted by Crippen LogP contribution is 2.35. The lowest BCUT2D eigenvalue weighted by Gasteiger charge is -2.28. The molecule has 146 valence electrons. The molecule has 0 saturated carbocycles. The fourth-order valence-corrected chi connectivity index (χ4v) is 3.65. The number of nitrogens with zero attached hydrogens (tertiary/aromatic N) is 7. The van der Waals surface area contributed by atoms with E-state index in [9.17, 15) is 0 Å². The molecule has 0 unspecified atom stereocenters. The van der Waals surface area contributed by atoms with Crippen molar-refractivity contribution < 1.29 is 9.47 Å². The number of hydrogen-bond donors (Lipinski definition) is 0. The van der Waals surface area contributed by atoms with Crippen LogP contribution in [0.15, 0.2) is 24.8 Å². The lowest BCUT2D eigenvalue weighted by Crippen LogP contribution is -2.36. The SMILES string of the molecule is CC(C)n1ncnc1-c1cn2c(n1)-c1cnc(N3CCOCC3)cc1OCC2. The highest BCUT2D eigenvalue weighted by Gasteiger charge is 2.23. The zero-order valence-corrected chi connectivity index (χ0v) is 16.1. The number of pyridine rings is 1.